The first kappa shape index (κ1) is 31.0. The van der Waals surface area contributed by atoms with Gasteiger partial charge in [-0.15, -0.1) is 0 Å². The second-order valence-electron chi connectivity index (χ2n) is 10.9. The van der Waals surface area contributed by atoms with E-state index in [1.54, 1.807) is 4.90 Å². The Hall–Kier alpha value is -2.91. The second-order valence-corrected chi connectivity index (χ2v) is 10.9. The fourth-order valence-electron chi connectivity index (χ4n) is 5.80. The number of likely N-dealkylation sites (tertiary alicyclic amines) is 2. The van der Waals surface area contributed by atoms with Crippen molar-refractivity contribution in [2.24, 2.45) is 11.3 Å². The van der Waals surface area contributed by atoms with Gasteiger partial charge in [0, 0.05) is 51.5 Å². The number of carbonyl (C=O) groups excluding carboxylic acids is 1. The number of halogens is 9. The quantitative estimate of drug-likeness (QED) is 0.445. The van der Waals surface area contributed by atoms with Gasteiger partial charge in [0.15, 0.2) is 0 Å². The lowest BCUT2D eigenvalue weighted by molar-refractivity contribution is -0.308. The minimum Gasteiger partial charge on any atom is -0.481 e. The Morgan fingerprint density at radius 1 is 0.976 bits per heavy atom. The van der Waals surface area contributed by atoms with Crippen molar-refractivity contribution in [2.45, 2.75) is 56.9 Å². The van der Waals surface area contributed by atoms with Gasteiger partial charge in [0.2, 0.25) is 0 Å². The molecule has 1 atom stereocenters. The van der Waals surface area contributed by atoms with Crippen LogP contribution in [0.5, 0.6) is 0 Å². The van der Waals surface area contributed by atoms with Crippen LogP contribution < -0.4 is 4.90 Å². The van der Waals surface area contributed by atoms with E-state index in [4.69, 9.17) is 0 Å². The summed E-state index contributed by atoms with van der Waals surface area (Å²) in [6.07, 6.45) is -20.6. The van der Waals surface area contributed by atoms with Crippen molar-refractivity contribution in [1.29, 1.82) is 0 Å². The van der Waals surface area contributed by atoms with Crippen LogP contribution in [0.2, 0.25) is 0 Å². The van der Waals surface area contributed by atoms with Crippen LogP contribution >= 0.6 is 0 Å². The average molecular weight is 605 g/mol. The van der Waals surface area contributed by atoms with Crippen molar-refractivity contribution in [3.63, 3.8) is 0 Å². The summed E-state index contributed by atoms with van der Waals surface area (Å²) in [7, 11) is 0. The van der Waals surface area contributed by atoms with Crippen molar-refractivity contribution in [3.05, 3.63) is 29.3 Å². The van der Waals surface area contributed by atoms with Crippen LogP contribution in [0.3, 0.4) is 0 Å². The van der Waals surface area contributed by atoms with Gasteiger partial charge in [-0.2, -0.15) is 39.5 Å². The molecule has 3 heterocycles. The molecule has 3 fully saturated rings. The normalized spacial score (nSPS) is 22.1. The lowest BCUT2D eigenvalue weighted by Crippen LogP contribution is -2.60. The maximum Gasteiger partial charge on any atom is 0.434 e. The first-order chi connectivity index (χ1) is 18.9. The summed E-state index contributed by atoms with van der Waals surface area (Å²) in [5.41, 5.74) is -0.333. The van der Waals surface area contributed by atoms with Crippen molar-refractivity contribution in [1.82, 2.24) is 9.80 Å². The lowest BCUT2D eigenvalue weighted by Gasteiger charge is -2.54. The molecule has 1 aromatic carbocycles. The molecule has 1 spiro atoms. The third-order valence-corrected chi connectivity index (χ3v) is 7.93. The third kappa shape index (κ3) is 7.12. The van der Waals surface area contributed by atoms with Crippen molar-refractivity contribution in [2.75, 3.05) is 44.2 Å². The number of rotatable bonds is 5. The molecule has 0 aromatic heterocycles. The van der Waals surface area contributed by atoms with Gasteiger partial charge in [-0.05, 0) is 48.8 Å². The largest absolute Gasteiger partial charge is 0.481 e. The number of alkyl halides is 9. The molecule has 1 unspecified atom stereocenters. The molecular formula is C25H28F9N3O4. The maximum atomic E-state index is 13.5. The van der Waals surface area contributed by atoms with E-state index >= 15 is 0 Å². The zero-order valence-corrected chi connectivity index (χ0v) is 21.6. The molecule has 1 N–H and O–H groups in total. The number of carboxylic acids is 1. The summed E-state index contributed by atoms with van der Waals surface area (Å²) in [5.74, 6) is -1.73. The standard InChI is InChI=1S/C25H28F9N3O4/c26-23(27,28)17-4-3-15(18(10-17)37-7-1-2-16(12-37)19(38)39)11-35-13-22(14-35)5-8-36(9-6-22)21(40)41-20(24(29,30)31)25(32,33)34/h3-4,10,16,20H,1-2,5-9,11-14H2,(H,38,39). The molecule has 16 heteroatoms. The van der Waals surface area contributed by atoms with Gasteiger partial charge in [0.25, 0.3) is 6.10 Å². The Labute approximate surface area is 228 Å². The fourth-order valence-corrected chi connectivity index (χ4v) is 5.80. The summed E-state index contributed by atoms with van der Waals surface area (Å²) < 4.78 is 121. The van der Waals surface area contributed by atoms with Crippen LogP contribution in [0.25, 0.3) is 0 Å². The van der Waals surface area contributed by atoms with E-state index in [0.29, 0.717) is 56.6 Å². The molecular weight excluding hydrogens is 577 g/mol. The molecule has 3 aliphatic rings. The molecule has 0 aliphatic carbocycles. The zero-order chi connectivity index (χ0) is 30.4. The van der Waals surface area contributed by atoms with Gasteiger partial charge in [0.1, 0.15) is 0 Å². The highest BCUT2D eigenvalue weighted by molar-refractivity contribution is 5.72. The number of nitrogens with zero attached hydrogens (tertiary/aromatic N) is 3. The van der Waals surface area contributed by atoms with E-state index in [1.165, 1.54) is 6.07 Å². The van der Waals surface area contributed by atoms with Crippen LogP contribution in [0, 0.1) is 11.3 Å². The van der Waals surface area contributed by atoms with Crippen LogP contribution in [0.1, 0.15) is 36.8 Å². The number of benzene rings is 1. The minimum atomic E-state index is -5.81. The molecule has 7 nitrogen and oxygen atoms in total. The van der Waals surface area contributed by atoms with Crippen molar-refractivity contribution < 1.29 is 58.9 Å². The number of amides is 1. The Morgan fingerprint density at radius 3 is 2.12 bits per heavy atom. The van der Waals surface area contributed by atoms with E-state index < -0.39 is 48.2 Å². The molecule has 1 aromatic rings. The number of piperidine rings is 2. The number of anilines is 1. The fraction of sp³-hybridized carbons (Fsp3) is 0.680. The molecule has 0 bridgehead atoms. The van der Waals surface area contributed by atoms with Gasteiger partial charge < -0.3 is 19.6 Å². The third-order valence-electron chi connectivity index (χ3n) is 7.93. The number of hydrogen-bond acceptors (Lipinski definition) is 5. The Bertz CT molecular complexity index is 1110. The molecule has 4 rings (SSSR count). The highest BCUT2D eigenvalue weighted by atomic mass is 19.4. The molecule has 0 saturated carbocycles. The van der Waals surface area contributed by atoms with Crippen LogP contribution in [0.15, 0.2) is 18.2 Å². The SMILES string of the molecule is O=C(O)C1CCCN(c2cc(C(F)(F)F)ccc2CN2CC3(CCN(C(=O)OC(C(F)(F)F)C(F)(F)F)CC3)C2)C1. The molecule has 230 valence electrons. The minimum absolute atomic E-state index is 0.0725. The predicted molar refractivity (Wildman–Crippen MR) is 125 cm³/mol. The van der Waals surface area contributed by atoms with E-state index in [1.807, 2.05) is 4.90 Å². The van der Waals surface area contributed by atoms with E-state index in [9.17, 15) is 54.2 Å². The average Bonchev–Trinajstić information content (AvgIpc) is 2.85. The van der Waals surface area contributed by atoms with Crippen molar-refractivity contribution in [3.8, 4) is 0 Å². The van der Waals surface area contributed by atoms with Gasteiger partial charge in [-0.3, -0.25) is 9.69 Å². The molecule has 1 amide bonds. The van der Waals surface area contributed by atoms with Crippen LogP contribution in [-0.4, -0.2) is 84.7 Å². The molecule has 3 aliphatic heterocycles. The lowest BCUT2D eigenvalue weighted by atomic mass is 9.72. The van der Waals surface area contributed by atoms with Crippen LogP contribution in [0.4, 0.5) is 50.0 Å². The Balaban J connectivity index is 1.38. The maximum absolute atomic E-state index is 13.5. The number of carbonyl (C=O) groups is 2. The highest BCUT2D eigenvalue weighted by Crippen LogP contribution is 2.43. The number of ether oxygens (including phenoxy) is 1. The zero-order valence-electron chi connectivity index (χ0n) is 21.6. The van der Waals surface area contributed by atoms with E-state index in [0.717, 1.165) is 17.0 Å². The van der Waals surface area contributed by atoms with E-state index in [2.05, 4.69) is 4.74 Å². The second kappa shape index (κ2) is 11.1. The van der Waals surface area contributed by atoms with Gasteiger partial charge in [0.05, 0.1) is 11.5 Å². The smallest absolute Gasteiger partial charge is 0.434 e. The summed E-state index contributed by atoms with van der Waals surface area (Å²) in [4.78, 5) is 28.0. The number of hydrogen-bond donors (Lipinski definition) is 1. The first-order valence-electron chi connectivity index (χ1n) is 12.9. The summed E-state index contributed by atoms with van der Waals surface area (Å²) in [5, 5.41) is 9.41. The Morgan fingerprint density at radius 2 is 1.59 bits per heavy atom. The highest BCUT2D eigenvalue weighted by Gasteiger charge is 2.60. The van der Waals surface area contributed by atoms with Gasteiger partial charge in [-0.25, -0.2) is 4.79 Å². The van der Waals surface area contributed by atoms with Gasteiger partial charge >= 0.3 is 30.6 Å². The molecule has 3 saturated heterocycles. The van der Waals surface area contributed by atoms with Crippen molar-refractivity contribution >= 4 is 17.7 Å². The Kier molecular flexibility index (Phi) is 8.37. The first-order valence-corrected chi connectivity index (χ1v) is 12.9. The monoisotopic (exact) mass is 605 g/mol. The molecule has 41 heavy (non-hydrogen) atoms. The molecule has 0 radical (unpaired) electrons. The topological polar surface area (TPSA) is 73.3 Å². The number of carboxylic acid groups (broad SMARTS) is 1. The van der Waals surface area contributed by atoms with E-state index in [-0.39, 0.29) is 31.6 Å². The van der Waals surface area contributed by atoms with Gasteiger partial charge in [-0.1, -0.05) is 6.07 Å². The summed E-state index contributed by atoms with van der Waals surface area (Å²) >= 11 is 0. The summed E-state index contributed by atoms with van der Waals surface area (Å²) in [6, 6.07) is 3.35. The predicted octanol–water partition coefficient (Wildman–Crippen LogP) is 5.53. The summed E-state index contributed by atoms with van der Waals surface area (Å²) in [6.45, 7) is 1.44. The number of aliphatic carboxylic acids is 1. The van der Waals surface area contributed by atoms with Crippen LogP contribution in [-0.2, 0) is 22.3 Å².